The van der Waals surface area contributed by atoms with Crippen molar-refractivity contribution in [3.63, 3.8) is 0 Å². The normalized spacial score (nSPS) is 28.0. The van der Waals surface area contributed by atoms with Crippen LogP contribution in [-0.2, 0) is 0 Å². The van der Waals surface area contributed by atoms with Gasteiger partial charge in [0.1, 0.15) is 0 Å². The van der Waals surface area contributed by atoms with Gasteiger partial charge in [-0.1, -0.05) is 12.8 Å². The molecule has 1 aliphatic heterocycles. The fraction of sp³-hybridized carbons (Fsp3) is 1.00. The second kappa shape index (κ2) is 4.24. The number of nitrogens with zero attached hydrogens (tertiary/aromatic N) is 1. The molecule has 2 aliphatic rings. The Morgan fingerprint density at radius 2 is 1.92 bits per heavy atom. The lowest BCUT2D eigenvalue weighted by molar-refractivity contribution is 0.129. The molecule has 2 heteroatoms. The summed E-state index contributed by atoms with van der Waals surface area (Å²) < 4.78 is 0. The van der Waals surface area contributed by atoms with E-state index < -0.39 is 0 Å². The lowest BCUT2D eigenvalue weighted by atomic mass is 10.1. The fourth-order valence-corrected chi connectivity index (χ4v) is 2.40. The Balaban J connectivity index is 1.69. The molecule has 0 atom stereocenters. The zero-order valence-electron chi connectivity index (χ0n) is 7.89. The van der Waals surface area contributed by atoms with E-state index in [1.54, 1.807) is 0 Å². The van der Waals surface area contributed by atoms with Gasteiger partial charge in [-0.05, 0) is 31.6 Å². The van der Waals surface area contributed by atoms with E-state index >= 15 is 0 Å². The predicted octanol–water partition coefficient (Wildman–Crippen LogP) is 1.78. The largest absolute Gasteiger partial charge is 0.255 e. The summed E-state index contributed by atoms with van der Waals surface area (Å²) >= 11 is 0. The molecular formula is C10H20N2. The van der Waals surface area contributed by atoms with Crippen LogP contribution in [0.15, 0.2) is 0 Å². The van der Waals surface area contributed by atoms with Crippen LogP contribution < -0.4 is 5.43 Å². The molecule has 0 aromatic carbocycles. The lowest BCUT2D eigenvalue weighted by Crippen LogP contribution is -2.45. The molecule has 2 nitrogen and oxygen atoms in total. The van der Waals surface area contributed by atoms with Crippen LogP contribution in [0.2, 0.25) is 0 Å². The van der Waals surface area contributed by atoms with Gasteiger partial charge in [0, 0.05) is 19.6 Å². The summed E-state index contributed by atoms with van der Waals surface area (Å²) in [6, 6.07) is 0. The molecule has 0 aromatic rings. The molecular weight excluding hydrogens is 148 g/mol. The van der Waals surface area contributed by atoms with Gasteiger partial charge in [-0.25, -0.2) is 5.01 Å². The van der Waals surface area contributed by atoms with E-state index in [9.17, 15) is 0 Å². The van der Waals surface area contributed by atoms with Crippen molar-refractivity contribution in [2.45, 2.75) is 38.5 Å². The van der Waals surface area contributed by atoms with Crippen LogP contribution >= 0.6 is 0 Å². The maximum atomic E-state index is 3.48. The summed E-state index contributed by atoms with van der Waals surface area (Å²) in [6.45, 7) is 3.78. The first-order valence-corrected chi connectivity index (χ1v) is 5.43. The van der Waals surface area contributed by atoms with E-state index in [0.717, 1.165) is 5.92 Å². The van der Waals surface area contributed by atoms with Crippen LogP contribution in [0.1, 0.15) is 38.5 Å². The summed E-state index contributed by atoms with van der Waals surface area (Å²) in [5.41, 5.74) is 3.48. The Bertz CT molecular complexity index is 124. The summed E-state index contributed by atoms with van der Waals surface area (Å²) in [4.78, 5) is 0. The van der Waals surface area contributed by atoms with E-state index in [1.807, 2.05) is 0 Å². The molecule has 0 radical (unpaired) electrons. The fourth-order valence-electron chi connectivity index (χ4n) is 2.40. The van der Waals surface area contributed by atoms with Gasteiger partial charge in [0.05, 0.1) is 0 Å². The van der Waals surface area contributed by atoms with Crippen LogP contribution in [0.25, 0.3) is 0 Å². The summed E-state index contributed by atoms with van der Waals surface area (Å²) in [6.07, 6.45) is 8.63. The number of hydrogen-bond donors (Lipinski definition) is 1. The van der Waals surface area contributed by atoms with Gasteiger partial charge in [-0.3, -0.25) is 5.43 Å². The van der Waals surface area contributed by atoms with Gasteiger partial charge in [0.15, 0.2) is 0 Å². The lowest BCUT2D eigenvalue weighted by Gasteiger charge is -2.29. The van der Waals surface area contributed by atoms with Gasteiger partial charge < -0.3 is 0 Å². The number of nitrogens with one attached hydrogen (secondary N) is 1. The molecule has 0 bridgehead atoms. The summed E-state index contributed by atoms with van der Waals surface area (Å²) in [5.74, 6) is 0.996. The van der Waals surface area contributed by atoms with Crippen molar-refractivity contribution < 1.29 is 0 Å². The minimum atomic E-state index is 0.996. The molecule has 1 saturated heterocycles. The highest BCUT2D eigenvalue weighted by Gasteiger charge is 2.19. The third-order valence-electron chi connectivity index (χ3n) is 3.14. The molecule has 0 amide bonds. The maximum Gasteiger partial charge on any atom is 0.0159 e. The highest BCUT2D eigenvalue weighted by molar-refractivity contribution is 4.71. The summed E-state index contributed by atoms with van der Waals surface area (Å²) in [5, 5.41) is 2.44. The zero-order valence-corrected chi connectivity index (χ0v) is 7.89. The highest BCUT2D eigenvalue weighted by Crippen LogP contribution is 2.25. The molecule has 70 valence electrons. The minimum Gasteiger partial charge on any atom is -0.255 e. The molecule has 12 heavy (non-hydrogen) atoms. The van der Waals surface area contributed by atoms with Gasteiger partial charge in [0.25, 0.3) is 0 Å². The van der Waals surface area contributed by atoms with E-state index in [0.29, 0.717) is 0 Å². The van der Waals surface area contributed by atoms with Crippen molar-refractivity contribution in [2.24, 2.45) is 5.92 Å². The Morgan fingerprint density at radius 3 is 2.58 bits per heavy atom. The summed E-state index contributed by atoms with van der Waals surface area (Å²) in [7, 11) is 0. The molecule has 0 spiro atoms. The molecule has 0 unspecified atom stereocenters. The minimum absolute atomic E-state index is 0.996. The van der Waals surface area contributed by atoms with Gasteiger partial charge in [-0.15, -0.1) is 0 Å². The first-order chi connectivity index (χ1) is 5.95. The maximum absolute atomic E-state index is 3.48. The van der Waals surface area contributed by atoms with E-state index in [1.165, 1.54) is 58.2 Å². The van der Waals surface area contributed by atoms with Gasteiger partial charge >= 0.3 is 0 Å². The zero-order chi connectivity index (χ0) is 8.23. The van der Waals surface area contributed by atoms with Crippen LogP contribution in [0.4, 0.5) is 0 Å². The van der Waals surface area contributed by atoms with Crippen LogP contribution in [-0.4, -0.2) is 24.6 Å². The molecule has 1 N–H and O–H groups in total. The first kappa shape index (κ1) is 8.52. The number of rotatable bonds is 2. The van der Waals surface area contributed by atoms with E-state index in [2.05, 4.69) is 10.4 Å². The molecule has 2 fully saturated rings. The Hall–Kier alpha value is -0.0800. The van der Waals surface area contributed by atoms with Crippen molar-refractivity contribution in [3.8, 4) is 0 Å². The average Bonchev–Trinajstić information content (AvgIpc) is 2.59. The Morgan fingerprint density at radius 1 is 1.08 bits per heavy atom. The van der Waals surface area contributed by atoms with Crippen molar-refractivity contribution in [1.82, 2.24) is 10.4 Å². The molecule has 1 heterocycles. The predicted molar refractivity (Wildman–Crippen MR) is 50.8 cm³/mol. The monoisotopic (exact) mass is 168 g/mol. The smallest absolute Gasteiger partial charge is 0.0159 e. The molecule has 1 aliphatic carbocycles. The van der Waals surface area contributed by atoms with Gasteiger partial charge in [0.2, 0.25) is 0 Å². The van der Waals surface area contributed by atoms with E-state index in [-0.39, 0.29) is 0 Å². The van der Waals surface area contributed by atoms with E-state index in [4.69, 9.17) is 0 Å². The quantitative estimate of drug-likeness (QED) is 0.676. The third-order valence-corrected chi connectivity index (χ3v) is 3.14. The molecule has 2 rings (SSSR count). The topological polar surface area (TPSA) is 15.3 Å². The van der Waals surface area contributed by atoms with Crippen molar-refractivity contribution in [1.29, 1.82) is 0 Å². The number of hydrogen-bond acceptors (Lipinski definition) is 2. The molecule has 1 saturated carbocycles. The Labute approximate surface area is 75.3 Å². The first-order valence-electron chi connectivity index (χ1n) is 5.43. The van der Waals surface area contributed by atoms with Crippen LogP contribution in [0.3, 0.4) is 0 Å². The third kappa shape index (κ3) is 2.20. The second-order valence-electron chi connectivity index (χ2n) is 4.21. The van der Waals surface area contributed by atoms with Crippen molar-refractivity contribution in [2.75, 3.05) is 19.6 Å². The Kier molecular flexibility index (Phi) is 3.01. The van der Waals surface area contributed by atoms with Crippen molar-refractivity contribution in [3.05, 3.63) is 0 Å². The SMILES string of the molecule is C1CCN(CC2CCCC2)NC1. The molecule has 0 aromatic heterocycles. The second-order valence-corrected chi connectivity index (χ2v) is 4.21. The highest BCUT2D eigenvalue weighted by atomic mass is 15.5. The van der Waals surface area contributed by atoms with Gasteiger partial charge in [-0.2, -0.15) is 0 Å². The van der Waals surface area contributed by atoms with Crippen molar-refractivity contribution >= 4 is 0 Å². The average molecular weight is 168 g/mol. The van der Waals surface area contributed by atoms with Crippen LogP contribution in [0, 0.1) is 5.92 Å². The number of hydrazine groups is 1. The van der Waals surface area contributed by atoms with Crippen LogP contribution in [0.5, 0.6) is 0 Å². The standard InChI is InChI=1S/C10H20N2/c1-2-6-10(5-1)9-12-8-4-3-7-11-12/h10-11H,1-9H2.